The van der Waals surface area contributed by atoms with Gasteiger partial charge in [0.15, 0.2) is 0 Å². The highest BCUT2D eigenvalue weighted by atomic mass is 35.5. The van der Waals surface area contributed by atoms with Crippen molar-refractivity contribution in [3.63, 3.8) is 0 Å². The number of hydrogen-bond donors (Lipinski definition) is 1. The summed E-state index contributed by atoms with van der Waals surface area (Å²) < 4.78 is 5.94. The first-order valence-corrected chi connectivity index (χ1v) is 5.52. The van der Waals surface area contributed by atoms with Crippen molar-refractivity contribution in [2.45, 2.75) is 38.8 Å². The maximum Gasteiger partial charge on any atom is 0.129 e. The summed E-state index contributed by atoms with van der Waals surface area (Å²) in [7, 11) is 0. The highest BCUT2D eigenvalue weighted by Crippen LogP contribution is 2.43. The van der Waals surface area contributed by atoms with E-state index in [0.717, 1.165) is 23.3 Å². The number of rotatable bonds is 0. The van der Waals surface area contributed by atoms with Crippen LogP contribution in [0.25, 0.3) is 0 Å². The Kier molecular flexibility index (Phi) is 2.44. The zero-order valence-electron chi connectivity index (χ0n) is 9.30. The van der Waals surface area contributed by atoms with Gasteiger partial charge in [0.05, 0.1) is 0 Å². The molecule has 1 aliphatic heterocycles. The van der Waals surface area contributed by atoms with Gasteiger partial charge in [-0.3, -0.25) is 0 Å². The third kappa shape index (κ3) is 1.84. The number of benzene rings is 1. The van der Waals surface area contributed by atoms with E-state index in [-0.39, 0.29) is 11.6 Å². The van der Waals surface area contributed by atoms with Crippen molar-refractivity contribution in [2.24, 2.45) is 5.73 Å². The molecule has 0 saturated carbocycles. The summed E-state index contributed by atoms with van der Waals surface area (Å²) in [5.74, 6) is 0.867. The van der Waals surface area contributed by atoms with Crippen LogP contribution in [0.15, 0.2) is 12.1 Å². The minimum absolute atomic E-state index is 0.0313. The van der Waals surface area contributed by atoms with E-state index in [1.165, 1.54) is 0 Å². The zero-order chi connectivity index (χ0) is 11.2. The summed E-state index contributed by atoms with van der Waals surface area (Å²) in [4.78, 5) is 0. The smallest absolute Gasteiger partial charge is 0.129 e. The van der Waals surface area contributed by atoms with Crippen LogP contribution < -0.4 is 10.5 Å². The zero-order valence-corrected chi connectivity index (χ0v) is 10.1. The van der Waals surface area contributed by atoms with Gasteiger partial charge in [-0.2, -0.15) is 0 Å². The lowest BCUT2D eigenvalue weighted by Gasteiger charge is -2.37. The molecule has 3 heteroatoms. The third-order valence-corrected chi connectivity index (χ3v) is 3.13. The molecule has 0 spiro atoms. The normalized spacial score (nSPS) is 23.1. The van der Waals surface area contributed by atoms with Gasteiger partial charge in [-0.05, 0) is 32.4 Å². The van der Waals surface area contributed by atoms with Crippen LogP contribution in [0.4, 0.5) is 0 Å². The van der Waals surface area contributed by atoms with E-state index in [9.17, 15) is 0 Å². The summed E-state index contributed by atoms with van der Waals surface area (Å²) in [5.41, 5.74) is 7.97. The molecule has 15 heavy (non-hydrogen) atoms. The predicted octanol–water partition coefficient (Wildman–Crippen LogP) is 3.21. The first-order chi connectivity index (χ1) is 6.91. The van der Waals surface area contributed by atoms with Gasteiger partial charge >= 0.3 is 0 Å². The van der Waals surface area contributed by atoms with Crippen molar-refractivity contribution < 1.29 is 4.74 Å². The lowest BCUT2D eigenvalue weighted by atomic mass is 9.89. The molecule has 1 heterocycles. The number of fused-ring (bicyclic) bond motifs is 1. The first-order valence-electron chi connectivity index (χ1n) is 5.14. The van der Waals surface area contributed by atoms with Gasteiger partial charge in [0.25, 0.3) is 0 Å². The average molecular weight is 226 g/mol. The number of aryl methyl sites for hydroxylation is 1. The molecule has 0 saturated heterocycles. The molecule has 82 valence electrons. The molecule has 0 amide bonds. The molecule has 0 radical (unpaired) electrons. The van der Waals surface area contributed by atoms with E-state index in [2.05, 4.69) is 13.8 Å². The quantitative estimate of drug-likeness (QED) is 0.736. The lowest BCUT2D eigenvalue weighted by molar-refractivity contribution is 0.0720. The van der Waals surface area contributed by atoms with Gasteiger partial charge in [0.1, 0.15) is 11.4 Å². The Morgan fingerprint density at radius 1 is 1.47 bits per heavy atom. The lowest BCUT2D eigenvalue weighted by Crippen LogP contribution is -2.37. The second-order valence-electron chi connectivity index (χ2n) is 4.78. The Balaban J connectivity index is 2.59. The van der Waals surface area contributed by atoms with E-state index >= 15 is 0 Å². The topological polar surface area (TPSA) is 35.2 Å². The van der Waals surface area contributed by atoms with Gasteiger partial charge in [0.2, 0.25) is 0 Å². The van der Waals surface area contributed by atoms with Crippen LogP contribution in [0.1, 0.15) is 37.4 Å². The van der Waals surface area contributed by atoms with Crippen molar-refractivity contribution in [1.82, 2.24) is 0 Å². The van der Waals surface area contributed by atoms with Crippen LogP contribution in [0.2, 0.25) is 5.02 Å². The molecule has 0 aliphatic carbocycles. The van der Waals surface area contributed by atoms with Crippen molar-refractivity contribution in [2.75, 3.05) is 0 Å². The fraction of sp³-hybridized carbons (Fsp3) is 0.500. The molecule has 1 atom stereocenters. The molecule has 2 rings (SSSR count). The number of nitrogens with two attached hydrogens (primary N) is 1. The van der Waals surface area contributed by atoms with E-state index in [4.69, 9.17) is 22.1 Å². The van der Waals surface area contributed by atoms with Crippen LogP contribution in [0.5, 0.6) is 5.75 Å². The Bertz CT molecular complexity index is 401. The Morgan fingerprint density at radius 3 is 2.80 bits per heavy atom. The molecule has 1 aliphatic rings. The maximum absolute atomic E-state index is 6.14. The number of hydrogen-bond acceptors (Lipinski definition) is 2. The molecule has 2 N–H and O–H groups in total. The SMILES string of the molecule is Cc1ccc(Cl)c2c1OC(C)(C)CC2N. The molecular weight excluding hydrogens is 210 g/mol. The predicted molar refractivity (Wildman–Crippen MR) is 62.4 cm³/mol. The van der Waals surface area contributed by atoms with Crippen molar-refractivity contribution in [3.05, 3.63) is 28.3 Å². The third-order valence-electron chi connectivity index (χ3n) is 2.80. The molecule has 0 fully saturated rings. The van der Waals surface area contributed by atoms with E-state index in [0.29, 0.717) is 5.02 Å². The molecule has 0 bridgehead atoms. The summed E-state index contributed by atoms with van der Waals surface area (Å²) in [6.45, 7) is 6.12. The van der Waals surface area contributed by atoms with Gasteiger partial charge in [-0.15, -0.1) is 0 Å². The second-order valence-corrected chi connectivity index (χ2v) is 5.19. The van der Waals surface area contributed by atoms with E-state index in [1.54, 1.807) is 0 Å². The van der Waals surface area contributed by atoms with Crippen LogP contribution in [0, 0.1) is 6.92 Å². The largest absolute Gasteiger partial charge is 0.487 e. The van der Waals surface area contributed by atoms with Gasteiger partial charge < -0.3 is 10.5 Å². The van der Waals surface area contributed by atoms with Gasteiger partial charge in [-0.25, -0.2) is 0 Å². The molecule has 2 nitrogen and oxygen atoms in total. The molecular formula is C12H16ClNO. The van der Waals surface area contributed by atoms with Crippen LogP contribution in [0.3, 0.4) is 0 Å². The minimum Gasteiger partial charge on any atom is -0.487 e. The Labute approximate surface area is 95.4 Å². The van der Waals surface area contributed by atoms with Crippen molar-refractivity contribution in [3.8, 4) is 5.75 Å². The van der Waals surface area contributed by atoms with Gasteiger partial charge in [-0.1, -0.05) is 17.7 Å². The molecule has 1 unspecified atom stereocenters. The second kappa shape index (κ2) is 3.39. The fourth-order valence-corrected chi connectivity index (χ4v) is 2.40. The Hall–Kier alpha value is -0.730. The summed E-state index contributed by atoms with van der Waals surface area (Å²) in [5, 5.41) is 0.707. The van der Waals surface area contributed by atoms with E-state index < -0.39 is 0 Å². The highest BCUT2D eigenvalue weighted by Gasteiger charge is 2.33. The fourth-order valence-electron chi connectivity index (χ4n) is 2.12. The summed E-state index contributed by atoms with van der Waals surface area (Å²) in [6.07, 6.45) is 0.795. The molecule has 1 aromatic carbocycles. The number of halogens is 1. The molecule has 1 aromatic rings. The first kappa shape index (κ1) is 10.8. The monoisotopic (exact) mass is 225 g/mol. The van der Waals surface area contributed by atoms with Crippen LogP contribution >= 0.6 is 11.6 Å². The average Bonchev–Trinajstić information content (AvgIpc) is 2.09. The van der Waals surface area contributed by atoms with Crippen LogP contribution in [-0.4, -0.2) is 5.60 Å². The molecule has 0 aromatic heterocycles. The standard InChI is InChI=1S/C12H16ClNO/c1-7-4-5-8(13)10-9(14)6-12(2,3)15-11(7)10/h4-5,9H,6,14H2,1-3H3. The van der Waals surface area contributed by atoms with Crippen LogP contribution in [-0.2, 0) is 0 Å². The summed E-state index contributed by atoms with van der Waals surface area (Å²) >= 11 is 6.14. The van der Waals surface area contributed by atoms with E-state index in [1.807, 2.05) is 19.1 Å². The maximum atomic E-state index is 6.14. The van der Waals surface area contributed by atoms with Crippen molar-refractivity contribution in [1.29, 1.82) is 0 Å². The highest BCUT2D eigenvalue weighted by molar-refractivity contribution is 6.31. The van der Waals surface area contributed by atoms with Gasteiger partial charge in [0, 0.05) is 23.0 Å². The summed E-state index contributed by atoms with van der Waals surface area (Å²) in [6, 6.07) is 3.82. The van der Waals surface area contributed by atoms with Crippen molar-refractivity contribution >= 4 is 11.6 Å². The minimum atomic E-state index is -0.206. The Morgan fingerprint density at radius 2 is 2.13 bits per heavy atom. The number of ether oxygens (including phenoxy) is 1.